The highest BCUT2D eigenvalue weighted by molar-refractivity contribution is 6.74. The van der Waals surface area contributed by atoms with E-state index < -0.39 is 8.32 Å². The maximum atomic E-state index is 12.9. The molecule has 0 amide bonds. The number of ether oxygens (including phenoxy) is 1. The first-order chi connectivity index (χ1) is 14.0. The summed E-state index contributed by atoms with van der Waals surface area (Å²) in [6.07, 6.45) is 8.18. The molecule has 166 valence electrons. The molecular weight excluding hydrogens is 388 g/mol. The van der Waals surface area contributed by atoms with Crippen molar-refractivity contribution in [2.45, 2.75) is 84.4 Å². The molecule has 0 radical (unpaired) electrons. The SMILES string of the molecule is COc1ccc2c(c1)CCC/C2=C\C[C@@]1(C)C(=O)CC[C@@H]1CO[Si](C)(C)C(C)(C)C. The second-order valence-electron chi connectivity index (χ2n) is 11.0. The van der Waals surface area contributed by atoms with E-state index in [4.69, 9.17) is 9.16 Å². The van der Waals surface area contributed by atoms with Crippen molar-refractivity contribution < 1.29 is 14.0 Å². The van der Waals surface area contributed by atoms with Crippen LogP contribution in [0.4, 0.5) is 0 Å². The zero-order valence-corrected chi connectivity index (χ0v) is 21.1. The highest BCUT2D eigenvalue weighted by Gasteiger charge is 2.47. The second-order valence-corrected chi connectivity index (χ2v) is 15.8. The van der Waals surface area contributed by atoms with Crippen molar-refractivity contribution in [1.29, 1.82) is 0 Å². The van der Waals surface area contributed by atoms with Crippen molar-refractivity contribution in [1.82, 2.24) is 0 Å². The lowest BCUT2D eigenvalue weighted by Crippen LogP contribution is -2.43. The first-order valence-corrected chi connectivity index (χ1v) is 14.4. The summed E-state index contributed by atoms with van der Waals surface area (Å²) in [7, 11) is -0.0852. The molecule has 3 nitrogen and oxygen atoms in total. The third kappa shape index (κ3) is 4.60. The van der Waals surface area contributed by atoms with Crippen LogP contribution in [0.1, 0.15) is 70.9 Å². The Bertz CT molecular complexity index is 818. The Morgan fingerprint density at radius 2 is 1.93 bits per heavy atom. The summed E-state index contributed by atoms with van der Waals surface area (Å²) in [5.74, 6) is 1.65. The van der Waals surface area contributed by atoms with Gasteiger partial charge in [0.2, 0.25) is 0 Å². The Morgan fingerprint density at radius 3 is 2.60 bits per heavy atom. The molecule has 0 saturated heterocycles. The zero-order chi connectivity index (χ0) is 22.2. The average Bonchev–Trinajstić information content (AvgIpc) is 2.97. The zero-order valence-electron chi connectivity index (χ0n) is 20.1. The van der Waals surface area contributed by atoms with Gasteiger partial charge in [-0.25, -0.2) is 0 Å². The number of carbonyl (C=O) groups is 1. The van der Waals surface area contributed by atoms with Crippen LogP contribution >= 0.6 is 0 Å². The Morgan fingerprint density at radius 1 is 1.20 bits per heavy atom. The Balaban J connectivity index is 1.77. The van der Waals surface area contributed by atoms with Gasteiger partial charge in [0.15, 0.2) is 8.32 Å². The van der Waals surface area contributed by atoms with Gasteiger partial charge in [0, 0.05) is 18.4 Å². The van der Waals surface area contributed by atoms with E-state index in [1.54, 1.807) is 7.11 Å². The summed E-state index contributed by atoms with van der Waals surface area (Å²) >= 11 is 0. The molecule has 0 spiro atoms. The van der Waals surface area contributed by atoms with Crippen molar-refractivity contribution in [3.8, 4) is 5.75 Å². The maximum Gasteiger partial charge on any atom is 0.191 e. The molecule has 0 unspecified atom stereocenters. The molecule has 4 heteroatoms. The lowest BCUT2D eigenvalue weighted by molar-refractivity contribution is -0.126. The first kappa shape index (κ1) is 23.3. The number of rotatable bonds is 6. The summed E-state index contributed by atoms with van der Waals surface area (Å²) in [6, 6.07) is 6.41. The molecule has 2 atom stereocenters. The van der Waals surface area contributed by atoms with E-state index in [0.717, 1.165) is 44.5 Å². The van der Waals surface area contributed by atoms with Gasteiger partial charge < -0.3 is 9.16 Å². The number of methoxy groups -OCH3 is 1. The fraction of sp³-hybridized carbons (Fsp3) is 0.654. The van der Waals surface area contributed by atoms with Crippen LogP contribution in [0.2, 0.25) is 18.1 Å². The van der Waals surface area contributed by atoms with Crippen LogP contribution in [-0.4, -0.2) is 27.8 Å². The molecule has 1 saturated carbocycles. The lowest BCUT2D eigenvalue weighted by Gasteiger charge is -2.39. The van der Waals surface area contributed by atoms with E-state index in [0.29, 0.717) is 18.1 Å². The number of aryl methyl sites for hydroxylation is 1. The van der Waals surface area contributed by atoms with E-state index in [2.05, 4.69) is 65.1 Å². The molecular formula is C26H40O3Si. The largest absolute Gasteiger partial charge is 0.497 e. The van der Waals surface area contributed by atoms with Crippen molar-refractivity contribution in [3.63, 3.8) is 0 Å². The molecule has 0 N–H and O–H groups in total. The molecule has 0 heterocycles. The molecule has 0 bridgehead atoms. The van der Waals surface area contributed by atoms with Crippen molar-refractivity contribution in [2.75, 3.05) is 13.7 Å². The Hall–Kier alpha value is -1.39. The van der Waals surface area contributed by atoms with Crippen LogP contribution in [0.3, 0.4) is 0 Å². The molecule has 1 aromatic rings. The number of fused-ring (bicyclic) bond motifs is 1. The van der Waals surface area contributed by atoms with E-state index in [1.165, 1.54) is 16.7 Å². The third-order valence-electron chi connectivity index (χ3n) is 8.03. The topological polar surface area (TPSA) is 35.5 Å². The molecule has 1 fully saturated rings. The molecule has 3 rings (SSSR count). The van der Waals surface area contributed by atoms with Crippen molar-refractivity contribution >= 4 is 19.7 Å². The fourth-order valence-corrected chi connectivity index (χ4v) is 5.63. The van der Waals surface area contributed by atoms with Gasteiger partial charge in [-0.3, -0.25) is 4.79 Å². The number of hydrogen-bond acceptors (Lipinski definition) is 3. The van der Waals surface area contributed by atoms with Crippen LogP contribution < -0.4 is 4.74 Å². The molecule has 2 aliphatic rings. The molecule has 0 aliphatic heterocycles. The minimum absolute atomic E-state index is 0.195. The lowest BCUT2D eigenvalue weighted by atomic mass is 9.75. The fourth-order valence-electron chi connectivity index (χ4n) is 4.58. The van der Waals surface area contributed by atoms with Crippen LogP contribution in [0, 0.1) is 11.3 Å². The Kier molecular flexibility index (Phi) is 6.69. The van der Waals surface area contributed by atoms with Crippen LogP contribution in [0.15, 0.2) is 24.3 Å². The summed E-state index contributed by atoms with van der Waals surface area (Å²) in [5.41, 5.74) is 3.79. The van der Waals surface area contributed by atoms with Crippen LogP contribution in [0.25, 0.3) is 5.57 Å². The smallest absolute Gasteiger partial charge is 0.191 e. The quantitative estimate of drug-likeness (QED) is 0.467. The van der Waals surface area contributed by atoms with Gasteiger partial charge in [-0.05, 0) is 85.0 Å². The van der Waals surface area contributed by atoms with Crippen molar-refractivity contribution in [2.24, 2.45) is 11.3 Å². The van der Waals surface area contributed by atoms with Crippen LogP contribution in [0.5, 0.6) is 5.75 Å². The summed E-state index contributed by atoms with van der Waals surface area (Å²) in [5, 5.41) is 0.195. The number of Topliss-reactive ketones (excluding diaryl/α,β-unsaturated/α-hetero) is 1. The normalized spacial score (nSPS) is 26.2. The average molecular weight is 429 g/mol. The molecule has 0 aromatic heterocycles. The van der Waals surface area contributed by atoms with Gasteiger partial charge in [-0.15, -0.1) is 0 Å². The number of benzene rings is 1. The van der Waals surface area contributed by atoms with Gasteiger partial charge in [0.05, 0.1) is 7.11 Å². The van der Waals surface area contributed by atoms with Crippen LogP contribution in [-0.2, 0) is 15.6 Å². The van der Waals surface area contributed by atoms with E-state index >= 15 is 0 Å². The minimum Gasteiger partial charge on any atom is -0.497 e. The highest BCUT2D eigenvalue weighted by atomic mass is 28.4. The minimum atomic E-state index is -1.81. The standard InChI is InChI=1S/C26H40O3Si/c1-25(2,3)30(6,7)29-18-21-11-14-24(27)26(21,4)16-15-19-9-8-10-20-17-22(28-5)12-13-23(19)20/h12-13,15,17,21H,8-11,14,16,18H2,1-7H3/b19-15+/t21-,26-/m1/s1. The van der Waals surface area contributed by atoms with Gasteiger partial charge in [0.25, 0.3) is 0 Å². The first-order valence-electron chi connectivity index (χ1n) is 11.5. The molecule has 1 aromatic carbocycles. The molecule has 2 aliphatic carbocycles. The Labute approximate surface area is 184 Å². The number of ketones is 1. The van der Waals surface area contributed by atoms with Gasteiger partial charge in [-0.2, -0.15) is 0 Å². The van der Waals surface area contributed by atoms with Gasteiger partial charge >= 0.3 is 0 Å². The summed E-state index contributed by atoms with van der Waals surface area (Å²) in [4.78, 5) is 12.9. The van der Waals surface area contributed by atoms with E-state index in [9.17, 15) is 4.79 Å². The number of carbonyl (C=O) groups excluding carboxylic acids is 1. The van der Waals surface area contributed by atoms with Gasteiger partial charge in [-0.1, -0.05) is 39.8 Å². The summed E-state index contributed by atoms with van der Waals surface area (Å²) < 4.78 is 12.0. The monoisotopic (exact) mass is 428 g/mol. The number of allylic oxidation sites excluding steroid dienone is 2. The number of hydrogen-bond donors (Lipinski definition) is 0. The predicted molar refractivity (Wildman–Crippen MR) is 128 cm³/mol. The summed E-state index contributed by atoms with van der Waals surface area (Å²) in [6.45, 7) is 14.3. The van der Waals surface area contributed by atoms with Gasteiger partial charge in [0.1, 0.15) is 11.5 Å². The molecule has 30 heavy (non-hydrogen) atoms. The van der Waals surface area contributed by atoms with Crippen molar-refractivity contribution in [3.05, 3.63) is 35.4 Å². The maximum absolute atomic E-state index is 12.9. The van der Waals surface area contributed by atoms with E-state index in [1.807, 2.05) is 0 Å². The van der Waals surface area contributed by atoms with E-state index in [-0.39, 0.29) is 10.5 Å². The third-order valence-corrected chi connectivity index (χ3v) is 12.5. The second kappa shape index (κ2) is 8.62. The highest BCUT2D eigenvalue weighted by Crippen LogP contribution is 2.46. The predicted octanol–water partition coefficient (Wildman–Crippen LogP) is 6.81.